The van der Waals surface area contributed by atoms with Crippen LogP contribution in [0.15, 0.2) is 11.6 Å². The fourth-order valence-electron chi connectivity index (χ4n) is 8.57. The summed E-state index contributed by atoms with van der Waals surface area (Å²) in [6.45, 7) is 18.5. The van der Waals surface area contributed by atoms with E-state index in [1.54, 1.807) is 0 Å². The SMILES string of the molecule is C/C(=C\C(C)C1CCC(C2CCC3C(C)C(O)CCC3(C)C2=O)C1(C)CCO)C(C)C(C)C. The quantitative estimate of drug-likeness (QED) is 0.417. The van der Waals surface area contributed by atoms with Crippen molar-refractivity contribution in [2.75, 3.05) is 6.61 Å². The van der Waals surface area contributed by atoms with E-state index in [0.717, 1.165) is 44.9 Å². The predicted octanol–water partition coefficient (Wildman–Crippen LogP) is 6.67. The number of carbonyl (C=O) groups excluding carboxylic acids is 1. The van der Waals surface area contributed by atoms with Gasteiger partial charge in [0.15, 0.2) is 0 Å². The van der Waals surface area contributed by atoms with E-state index in [9.17, 15) is 15.0 Å². The van der Waals surface area contributed by atoms with Crippen LogP contribution < -0.4 is 0 Å². The maximum Gasteiger partial charge on any atom is 0.142 e. The van der Waals surface area contributed by atoms with Crippen molar-refractivity contribution >= 4 is 5.78 Å². The van der Waals surface area contributed by atoms with Crippen LogP contribution in [0.25, 0.3) is 0 Å². The molecule has 3 fully saturated rings. The highest BCUT2D eigenvalue weighted by atomic mass is 16.3. The lowest BCUT2D eigenvalue weighted by Gasteiger charge is -2.53. The third-order valence-electron chi connectivity index (χ3n) is 11.2. The standard InChI is InChI=1S/C30H52O3/c1-18(2)21(5)19(3)17-20(4)24-11-12-26(29(24,7)15-16-31)23-9-10-25-22(6)27(32)13-14-30(25,8)28(23)33/h17-18,20-27,31-32H,9-16H2,1-8H3/b19-17+. The number of allylic oxidation sites excluding steroid dienone is 2. The number of aliphatic hydroxyl groups is 2. The van der Waals surface area contributed by atoms with Gasteiger partial charge >= 0.3 is 0 Å². The lowest BCUT2D eigenvalue weighted by atomic mass is 9.50. The maximum atomic E-state index is 14.1. The van der Waals surface area contributed by atoms with Crippen molar-refractivity contribution in [1.82, 2.24) is 0 Å². The van der Waals surface area contributed by atoms with Gasteiger partial charge in [0.05, 0.1) is 6.10 Å². The monoisotopic (exact) mass is 460 g/mol. The summed E-state index contributed by atoms with van der Waals surface area (Å²) in [5, 5.41) is 20.5. The van der Waals surface area contributed by atoms with Crippen LogP contribution >= 0.6 is 0 Å². The third-order valence-corrected chi connectivity index (χ3v) is 11.2. The topological polar surface area (TPSA) is 57.5 Å². The van der Waals surface area contributed by atoms with Gasteiger partial charge in [-0.1, -0.05) is 60.1 Å². The van der Waals surface area contributed by atoms with Gasteiger partial charge in [-0.05, 0) is 98.7 Å². The summed E-state index contributed by atoms with van der Waals surface area (Å²) < 4.78 is 0. The van der Waals surface area contributed by atoms with Crippen molar-refractivity contribution < 1.29 is 15.0 Å². The molecular weight excluding hydrogens is 408 g/mol. The average Bonchev–Trinajstić information content (AvgIpc) is 3.08. The van der Waals surface area contributed by atoms with Gasteiger partial charge in [-0.2, -0.15) is 0 Å². The van der Waals surface area contributed by atoms with Gasteiger partial charge in [0, 0.05) is 17.9 Å². The van der Waals surface area contributed by atoms with Gasteiger partial charge in [0.2, 0.25) is 0 Å². The molecule has 0 amide bonds. The van der Waals surface area contributed by atoms with E-state index in [-0.39, 0.29) is 35.4 Å². The highest BCUT2D eigenvalue weighted by Gasteiger charge is 2.58. The Hall–Kier alpha value is -0.670. The summed E-state index contributed by atoms with van der Waals surface area (Å²) in [4.78, 5) is 14.1. The molecule has 0 spiro atoms. The predicted molar refractivity (Wildman–Crippen MR) is 137 cm³/mol. The summed E-state index contributed by atoms with van der Waals surface area (Å²) in [6.07, 6.45) is 8.89. The Kier molecular flexibility index (Phi) is 8.27. The molecule has 0 radical (unpaired) electrons. The van der Waals surface area contributed by atoms with Crippen LogP contribution in [0, 0.1) is 58.2 Å². The first-order chi connectivity index (χ1) is 15.4. The molecule has 0 aromatic heterocycles. The first-order valence-corrected chi connectivity index (χ1v) is 13.9. The molecule has 0 heterocycles. The molecule has 3 aliphatic rings. The van der Waals surface area contributed by atoms with Crippen LogP contribution in [0.3, 0.4) is 0 Å². The van der Waals surface area contributed by atoms with Crippen LogP contribution in [0.4, 0.5) is 0 Å². The Bertz CT molecular complexity index is 726. The minimum absolute atomic E-state index is 0.00463. The van der Waals surface area contributed by atoms with Gasteiger partial charge in [0.1, 0.15) is 5.78 Å². The molecule has 2 N–H and O–H groups in total. The Morgan fingerprint density at radius 2 is 1.70 bits per heavy atom. The van der Waals surface area contributed by atoms with Crippen LogP contribution in [-0.4, -0.2) is 28.7 Å². The third kappa shape index (κ3) is 4.75. The Labute approximate surface area is 203 Å². The number of fused-ring (bicyclic) bond motifs is 1. The van der Waals surface area contributed by atoms with E-state index >= 15 is 0 Å². The number of ketones is 1. The molecule has 0 aliphatic heterocycles. The molecule has 0 bridgehead atoms. The van der Waals surface area contributed by atoms with Crippen molar-refractivity contribution in [3.8, 4) is 0 Å². The van der Waals surface area contributed by atoms with E-state index in [0.29, 0.717) is 41.3 Å². The Morgan fingerprint density at radius 3 is 2.30 bits per heavy atom. The molecule has 3 saturated carbocycles. The number of aliphatic hydroxyl groups excluding tert-OH is 2. The number of hydrogen-bond acceptors (Lipinski definition) is 3. The lowest BCUT2D eigenvalue weighted by Crippen LogP contribution is -2.54. The number of rotatable bonds is 7. The Balaban J connectivity index is 1.85. The highest BCUT2D eigenvalue weighted by molar-refractivity contribution is 5.88. The molecule has 3 rings (SSSR count). The first-order valence-electron chi connectivity index (χ1n) is 13.9. The number of Topliss-reactive ketones (excluding diaryl/α,β-unsaturated/α-hetero) is 1. The molecule has 0 aromatic rings. The molecular formula is C30H52O3. The van der Waals surface area contributed by atoms with Gasteiger partial charge < -0.3 is 10.2 Å². The van der Waals surface area contributed by atoms with Crippen LogP contribution in [0.5, 0.6) is 0 Å². The minimum Gasteiger partial charge on any atom is -0.396 e. The molecule has 3 nitrogen and oxygen atoms in total. The average molecular weight is 461 g/mol. The minimum atomic E-state index is -0.283. The van der Waals surface area contributed by atoms with Crippen LogP contribution in [0.2, 0.25) is 0 Å². The second-order valence-corrected chi connectivity index (χ2v) is 13.1. The van der Waals surface area contributed by atoms with E-state index in [1.165, 1.54) is 5.57 Å². The zero-order valence-corrected chi connectivity index (χ0v) is 22.7. The van der Waals surface area contributed by atoms with Crippen molar-refractivity contribution in [2.24, 2.45) is 58.2 Å². The first kappa shape index (κ1) is 26.9. The Morgan fingerprint density at radius 1 is 1.06 bits per heavy atom. The number of carbonyl (C=O) groups is 1. The maximum absolute atomic E-state index is 14.1. The second-order valence-electron chi connectivity index (χ2n) is 13.1. The fraction of sp³-hybridized carbons (Fsp3) is 0.900. The molecule has 3 heteroatoms. The normalized spacial score (nSPS) is 44.1. The molecule has 190 valence electrons. The van der Waals surface area contributed by atoms with Gasteiger partial charge in [-0.25, -0.2) is 0 Å². The zero-order valence-electron chi connectivity index (χ0n) is 22.7. The highest BCUT2D eigenvalue weighted by Crippen LogP contribution is 2.61. The summed E-state index contributed by atoms with van der Waals surface area (Å²) in [5.74, 6) is 3.66. The zero-order chi connectivity index (χ0) is 24.7. The van der Waals surface area contributed by atoms with Gasteiger partial charge in [0.25, 0.3) is 0 Å². The van der Waals surface area contributed by atoms with E-state index in [1.807, 2.05) is 0 Å². The molecule has 0 aromatic carbocycles. The number of hydrogen-bond donors (Lipinski definition) is 2. The van der Waals surface area contributed by atoms with E-state index in [2.05, 4.69) is 61.5 Å². The van der Waals surface area contributed by atoms with Crippen molar-refractivity contribution in [3.63, 3.8) is 0 Å². The summed E-state index contributed by atoms with van der Waals surface area (Å²) >= 11 is 0. The summed E-state index contributed by atoms with van der Waals surface area (Å²) in [6, 6.07) is 0. The summed E-state index contributed by atoms with van der Waals surface area (Å²) in [7, 11) is 0. The molecule has 10 unspecified atom stereocenters. The molecule has 3 aliphatic carbocycles. The van der Waals surface area contributed by atoms with Crippen LogP contribution in [0.1, 0.15) is 100 Å². The lowest BCUT2D eigenvalue weighted by molar-refractivity contribution is -0.154. The van der Waals surface area contributed by atoms with Crippen LogP contribution in [-0.2, 0) is 4.79 Å². The van der Waals surface area contributed by atoms with Gasteiger partial charge in [-0.15, -0.1) is 0 Å². The molecule has 0 saturated heterocycles. The van der Waals surface area contributed by atoms with E-state index < -0.39 is 0 Å². The van der Waals surface area contributed by atoms with Crippen molar-refractivity contribution in [3.05, 3.63) is 11.6 Å². The fourth-order valence-corrected chi connectivity index (χ4v) is 8.57. The van der Waals surface area contributed by atoms with Crippen molar-refractivity contribution in [2.45, 2.75) is 106 Å². The summed E-state index contributed by atoms with van der Waals surface area (Å²) in [5.41, 5.74) is 1.19. The largest absolute Gasteiger partial charge is 0.396 e. The second kappa shape index (κ2) is 10.1. The smallest absolute Gasteiger partial charge is 0.142 e. The van der Waals surface area contributed by atoms with Crippen molar-refractivity contribution in [1.29, 1.82) is 0 Å². The van der Waals surface area contributed by atoms with E-state index in [4.69, 9.17) is 0 Å². The van der Waals surface area contributed by atoms with Gasteiger partial charge in [-0.3, -0.25) is 4.79 Å². The molecule has 33 heavy (non-hydrogen) atoms. The molecule has 10 atom stereocenters.